The van der Waals surface area contributed by atoms with Crippen LogP contribution in [-0.4, -0.2) is 29.6 Å². The largest absolute Gasteiger partial charge is 0.329 e. The van der Waals surface area contributed by atoms with E-state index in [4.69, 9.17) is 12.2 Å². The van der Waals surface area contributed by atoms with E-state index >= 15 is 0 Å². The first kappa shape index (κ1) is 9.91. The number of nitrogens with two attached hydrogens (primary N) is 1. The normalized spacial score (nSPS) is 34.9. The molecule has 0 aromatic heterocycles. The number of hydrogen-bond acceptors (Lipinski definition) is 3. The molecule has 1 fully saturated rings. The van der Waals surface area contributed by atoms with Gasteiger partial charge in [0.1, 0.15) is 0 Å². The Labute approximate surface area is 78.7 Å². The van der Waals surface area contributed by atoms with Crippen LogP contribution in [0.15, 0.2) is 0 Å². The molecule has 2 nitrogen and oxygen atoms in total. The lowest BCUT2D eigenvalue weighted by Crippen LogP contribution is -2.51. The van der Waals surface area contributed by atoms with Crippen LogP contribution < -0.4 is 11.1 Å². The van der Waals surface area contributed by atoms with Crippen LogP contribution in [0, 0.1) is 12.3 Å². The molecule has 1 rings (SSSR count). The van der Waals surface area contributed by atoms with E-state index in [0.29, 0.717) is 18.3 Å². The molecule has 2 atom stereocenters. The average molecular weight is 184 g/mol. The van der Waals surface area contributed by atoms with E-state index in [1.165, 1.54) is 0 Å². The fourth-order valence-corrected chi connectivity index (χ4v) is 2.92. The lowest BCUT2D eigenvalue weighted by Gasteiger charge is -2.27. The molecule has 0 spiro atoms. The minimum Gasteiger partial charge on any atom is -0.329 e. The Morgan fingerprint density at radius 2 is 2.58 bits per heavy atom. The van der Waals surface area contributed by atoms with Gasteiger partial charge < -0.3 is 5.73 Å². The van der Waals surface area contributed by atoms with Gasteiger partial charge in [-0.2, -0.15) is 11.8 Å². The third-order valence-corrected chi connectivity index (χ3v) is 3.73. The minimum atomic E-state index is 0.108. The Morgan fingerprint density at radius 1 is 1.83 bits per heavy atom. The second kappa shape index (κ2) is 4.18. The molecule has 12 heavy (non-hydrogen) atoms. The molecule has 0 bridgehead atoms. The molecule has 0 aliphatic carbocycles. The Balaban J connectivity index is 2.47. The summed E-state index contributed by atoms with van der Waals surface area (Å²) < 4.78 is 0. The summed E-state index contributed by atoms with van der Waals surface area (Å²) in [6.45, 7) is 3.55. The number of hydrogen-bond donors (Lipinski definition) is 2. The van der Waals surface area contributed by atoms with Crippen LogP contribution in [0.2, 0.25) is 0 Å². The summed E-state index contributed by atoms with van der Waals surface area (Å²) in [6, 6.07) is 0. The molecule has 0 aromatic carbocycles. The Bertz CT molecular complexity index is 187. The summed E-state index contributed by atoms with van der Waals surface area (Å²) in [5.74, 6) is 3.68. The molecule has 2 unspecified atom stereocenters. The van der Waals surface area contributed by atoms with Crippen LogP contribution in [0.3, 0.4) is 0 Å². The fraction of sp³-hybridized carbons (Fsp3) is 0.778. The number of rotatable bonds is 3. The summed E-state index contributed by atoms with van der Waals surface area (Å²) >= 11 is 1.97. The first-order valence-electron chi connectivity index (χ1n) is 4.22. The number of thioether (sulfide) groups is 1. The zero-order valence-corrected chi connectivity index (χ0v) is 8.29. The topological polar surface area (TPSA) is 38.0 Å². The quantitative estimate of drug-likeness (QED) is 0.625. The van der Waals surface area contributed by atoms with Crippen molar-refractivity contribution in [2.24, 2.45) is 5.73 Å². The van der Waals surface area contributed by atoms with Crippen LogP contribution in [-0.2, 0) is 0 Å². The van der Waals surface area contributed by atoms with Crippen molar-refractivity contribution in [2.45, 2.75) is 24.1 Å². The van der Waals surface area contributed by atoms with E-state index in [9.17, 15) is 0 Å². The van der Waals surface area contributed by atoms with Gasteiger partial charge in [0.15, 0.2) is 0 Å². The van der Waals surface area contributed by atoms with E-state index in [-0.39, 0.29) is 5.54 Å². The summed E-state index contributed by atoms with van der Waals surface area (Å²) in [5, 5.41) is 4.05. The molecule has 3 N–H and O–H groups in total. The first-order valence-corrected chi connectivity index (χ1v) is 5.27. The second-order valence-corrected chi connectivity index (χ2v) is 4.79. The van der Waals surface area contributed by atoms with Gasteiger partial charge in [-0.3, -0.25) is 5.32 Å². The van der Waals surface area contributed by atoms with Gasteiger partial charge in [-0.1, -0.05) is 12.8 Å². The van der Waals surface area contributed by atoms with E-state index in [2.05, 4.69) is 18.2 Å². The van der Waals surface area contributed by atoms with Gasteiger partial charge in [0.05, 0.1) is 6.54 Å². The molecule has 0 aromatic rings. The molecule has 1 heterocycles. The van der Waals surface area contributed by atoms with Crippen molar-refractivity contribution in [1.29, 1.82) is 0 Å². The van der Waals surface area contributed by atoms with Gasteiger partial charge in [0, 0.05) is 23.1 Å². The van der Waals surface area contributed by atoms with Crippen molar-refractivity contribution >= 4 is 11.8 Å². The van der Waals surface area contributed by atoms with Crippen LogP contribution in [0.5, 0.6) is 0 Å². The van der Waals surface area contributed by atoms with E-state index < -0.39 is 0 Å². The predicted molar refractivity (Wildman–Crippen MR) is 55.2 cm³/mol. The first-order chi connectivity index (χ1) is 5.72. The monoisotopic (exact) mass is 184 g/mol. The highest BCUT2D eigenvalue weighted by molar-refractivity contribution is 8.00. The maximum absolute atomic E-state index is 5.73. The average Bonchev–Trinajstić information content (AvgIpc) is 2.45. The van der Waals surface area contributed by atoms with Crippen LogP contribution >= 0.6 is 11.8 Å². The van der Waals surface area contributed by atoms with E-state index in [1.807, 2.05) is 11.8 Å². The molecule has 1 aliphatic heterocycles. The van der Waals surface area contributed by atoms with Crippen LogP contribution in [0.4, 0.5) is 0 Å². The zero-order chi connectivity index (χ0) is 9.03. The van der Waals surface area contributed by atoms with Crippen LogP contribution in [0.1, 0.15) is 13.3 Å². The fourth-order valence-electron chi connectivity index (χ4n) is 1.55. The van der Waals surface area contributed by atoms with Crippen molar-refractivity contribution in [3.63, 3.8) is 0 Å². The molecule has 3 heteroatoms. The van der Waals surface area contributed by atoms with Gasteiger partial charge in [-0.05, 0) is 6.42 Å². The highest BCUT2D eigenvalue weighted by atomic mass is 32.2. The molecule has 68 valence electrons. The molecular weight excluding hydrogens is 168 g/mol. The molecule has 0 saturated carbocycles. The second-order valence-electron chi connectivity index (χ2n) is 3.37. The zero-order valence-electron chi connectivity index (χ0n) is 7.47. The summed E-state index contributed by atoms with van der Waals surface area (Å²) in [5.41, 5.74) is 5.83. The maximum atomic E-state index is 5.73. The predicted octanol–water partition coefficient (Wildman–Crippen LogP) is 0.432. The SMILES string of the molecule is C#CCNC1(CN)CSC(C)C1. The van der Waals surface area contributed by atoms with E-state index in [0.717, 1.165) is 12.2 Å². The van der Waals surface area contributed by atoms with Crippen molar-refractivity contribution in [1.82, 2.24) is 5.32 Å². The van der Waals surface area contributed by atoms with Crippen molar-refractivity contribution in [2.75, 3.05) is 18.8 Å². The molecular formula is C9H16N2S. The van der Waals surface area contributed by atoms with Gasteiger partial charge in [0.25, 0.3) is 0 Å². The molecule has 1 aliphatic rings. The molecule has 1 saturated heterocycles. The van der Waals surface area contributed by atoms with Crippen molar-refractivity contribution in [3.05, 3.63) is 0 Å². The maximum Gasteiger partial charge on any atom is 0.0578 e. The summed E-state index contributed by atoms with van der Waals surface area (Å²) in [4.78, 5) is 0. The number of nitrogens with one attached hydrogen (secondary N) is 1. The molecule has 0 amide bonds. The van der Waals surface area contributed by atoms with Crippen molar-refractivity contribution < 1.29 is 0 Å². The molecule has 0 radical (unpaired) electrons. The third kappa shape index (κ3) is 2.16. The summed E-state index contributed by atoms with van der Waals surface area (Å²) in [7, 11) is 0. The highest BCUT2D eigenvalue weighted by Gasteiger charge is 2.35. The third-order valence-electron chi connectivity index (χ3n) is 2.28. The van der Waals surface area contributed by atoms with Gasteiger partial charge in [0.2, 0.25) is 0 Å². The Hall–Kier alpha value is -0.170. The van der Waals surface area contributed by atoms with E-state index in [1.54, 1.807) is 0 Å². The Morgan fingerprint density at radius 3 is 3.00 bits per heavy atom. The van der Waals surface area contributed by atoms with Gasteiger partial charge in [-0.25, -0.2) is 0 Å². The standard InChI is InChI=1S/C9H16N2S/c1-3-4-11-9(6-10)5-8(2)12-7-9/h1,8,11H,4-7,10H2,2H3. The summed E-state index contributed by atoms with van der Waals surface area (Å²) in [6.07, 6.45) is 6.33. The lowest BCUT2D eigenvalue weighted by molar-refractivity contribution is 0.379. The Kier molecular flexibility index (Phi) is 3.45. The van der Waals surface area contributed by atoms with Crippen LogP contribution in [0.25, 0.3) is 0 Å². The minimum absolute atomic E-state index is 0.108. The number of terminal acetylenes is 1. The highest BCUT2D eigenvalue weighted by Crippen LogP contribution is 2.33. The smallest absolute Gasteiger partial charge is 0.0578 e. The van der Waals surface area contributed by atoms with Crippen molar-refractivity contribution in [3.8, 4) is 12.3 Å². The van der Waals surface area contributed by atoms with Gasteiger partial charge in [-0.15, -0.1) is 6.42 Å². The van der Waals surface area contributed by atoms with Gasteiger partial charge >= 0.3 is 0 Å². The lowest BCUT2D eigenvalue weighted by atomic mass is 9.96.